The van der Waals surface area contributed by atoms with Crippen LogP contribution in [-0.4, -0.2) is 24.6 Å². The first-order valence-corrected chi connectivity index (χ1v) is 7.75. The topological polar surface area (TPSA) is 28.2 Å². The van der Waals surface area contributed by atoms with Gasteiger partial charge in [0.2, 0.25) is 0 Å². The molecular weight excluding hydrogens is 234 g/mol. The van der Waals surface area contributed by atoms with Gasteiger partial charge < -0.3 is 10.2 Å². The Morgan fingerprint density at radius 3 is 2.47 bits per heavy atom. The summed E-state index contributed by atoms with van der Waals surface area (Å²) in [7, 11) is 0. The second kappa shape index (κ2) is 5.91. The van der Waals surface area contributed by atoms with Crippen LogP contribution in [0.4, 0.5) is 5.69 Å². The van der Waals surface area contributed by atoms with Crippen LogP contribution in [-0.2, 0) is 6.54 Å². The minimum Gasteiger partial charge on any atom is -0.371 e. The normalized spacial score (nSPS) is 18.6. The molecule has 1 aromatic heterocycles. The van der Waals surface area contributed by atoms with Crippen molar-refractivity contribution in [2.24, 2.45) is 11.8 Å². The lowest BCUT2D eigenvalue weighted by Gasteiger charge is -2.27. The van der Waals surface area contributed by atoms with E-state index in [2.05, 4.69) is 28.2 Å². The van der Waals surface area contributed by atoms with Crippen molar-refractivity contribution in [2.75, 3.05) is 24.5 Å². The number of hydrogen-bond acceptors (Lipinski definition) is 3. The molecule has 0 unspecified atom stereocenters. The molecule has 3 rings (SSSR count). The average Bonchev–Trinajstić information content (AvgIpc) is 3.31. The largest absolute Gasteiger partial charge is 0.371 e. The van der Waals surface area contributed by atoms with Gasteiger partial charge in [-0.05, 0) is 50.1 Å². The van der Waals surface area contributed by atoms with E-state index in [1.54, 1.807) is 0 Å². The van der Waals surface area contributed by atoms with Crippen molar-refractivity contribution in [3.63, 3.8) is 0 Å². The summed E-state index contributed by atoms with van der Waals surface area (Å²) in [6.07, 6.45) is 9.68. The van der Waals surface area contributed by atoms with E-state index in [0.29, 0.717) is 0 Å². The van der Waals surface area contributed by atoms with E-state index in [1.165, 1.54) is 50.0 Å². The molecule has 3 heteroatoms. The van der Waals surface area contributed by atoms with Crippen LogP contribution in [0, 0.1) is 11.8 Å². The Labute approximate surface area is 116 Å². The fourth-order valence-corrected chi connectivity index (χ4v) is 2.62. The van der Waals surface area contributed by atoms with Crippen molar-refractivity contribution in [1.82, 2.24) is 10.3 Å². The number of rotatable bonds is 8. The maximum absolute atomic E-state index is 4.30. The van der Waals surface area contributed by atoms with Crippen LogP contribution in [0.5, 0.6) is 0 Å². The first kappa shape index (κ1) is 12.9. The van der Waals surface area contributed by atoms with Crippen LogP contribution in [0.1, 0.15) is 38.2 Å². The van der Waals surface area contributed by atoms with Gasteiger partial charge in [0.15, 0.2) is 0 Å². The number of nitrogens with one attached hydrogen (secondary N) is 1. The minimum absolute atomic E-state index is 0.936. The van der Waals surface area contributed by atoms with Gasteiger partial charge in [0.1, 0.15) is 0 Å². The average molecular weight is 259 g/mol. The molecule has 0 aliphatic heterocycles. The highest BCUT2D eigenvalue weighted by Gasteiger charge is 2.30. The van der Waals surface area contributed by atoms with Gasteiger partial charge in [-0.3, -0.25) is 4.98 Å². The minimum atomic E-state index is 0.936. The molecule has 3 nitrogen and oxygen atoms in total. The molecule has 104 valence electrons. The molecule has 0 bridgehead atoms. The van der Waals surface area contributed by atoms with Crippen molar-refractivity contribution >= 4 is 5.69 Å². The molecule has 2 saturated carbocycles. The first-order valence-electron chi connectivity index (χ1n) is 7.75. The zero-order valence-corrected chi connectivity index (χ0v) is 11.9. The molecule has 0 atom stereocenters. The Morgan fingerprint density at radius 2 is 1.89 bits per heavy atom. The first-order chi connectivity index (χ1) is 9.36. The summed E-state index contributed by atoms with van der Waals surface area (Å²) in [5.41, 5.74) is 2.76. The molecule has 0 amide bonds. The van der Waals surface area contributed by atoms with Gasteiger partial charge in [0, 0.05) is 43.3 Å². The lowest BCUT2D eigenvalue weighted by atomic mass is 10.2. The summed E-state index contributed by atoms with van der Waals surface area (Å²) in [6, 6.07) is 2.21. The molecule has 0 saturated heterocycles. The van der Waals surface area contributed by atoms with Crippen LogP contribution in [0.25, 0.3) is 0 Å². The lowest BCUT2D eigenvalue weighted by Crippen LogP contribution is -2.29. The summed E-state index contributed by atoms with van der Waals surface area (Å²) in [5.74, 6) is 1.89. The van der Waals surface area contributed by atoms with Crippen LogP contribution in [0.15, 0.2) is 18.5 Å². The third kappa shape index (κ3) is 3.69. The van der Waals surface area contributed by atoms with Gasteiger partial charge in [-0.15, -0.1) is 0 Å². The monoisotopic (exact) mass is 259 g/mol. The molecule has 0 spiro atoms. The fraction of sp³-hybridized carbons (Fsp3) is 0.688. The third-order valence-electron chi connectivity index (χ3n) is 4.14. The summed E-state index contributed by atoms with van der Waals surface area (Å²) < 4.78 is 0. The van der Waals surface area contributed by atoms with Crippen molar-refractivity contribution in [1.29, 1.82) is 0 Å². The predicted molar refractivity (Wildman–Crippen MR) is 79.3 cm³/mol. The van der Waals surface area contributed by atoms with Gasteiger partial charge in [0.05, 0.1) is 0 Å². The second-order valence-corrected chi connectivity index (χ2v) is 6.08. The van der Waals surface area contributed by atoms with Crippen LogP contribution in [0.3, 0.4) is 0 Å². The molecule has 2 aliphatic carbocycles. The highest BCUT2D eigenvalue weighted by molar-refractivity contribution is 5.52. The van der Waals surface area contributed by atoms with Crippen molar-refractivity contribution in [2.45, 2.75) is 39.2 Å². The molecule has 0 aromatic carbocycles. The van der Waals surface area contributed by atoms with Crippen molar-refractivity contribution < 1.29 is 0 Å². The number of hydrogen-bond donors (Lipinski definition) is 1. The molecule has 2 fully saturated rings. The van der Waals surface area contributed by atoms with Gasteiger partial charge in [-0.25, -0.2) is 0 Å². The summed E-state index contributed by atoms with van der Waals surface area (Å²) >= 11 is 0. The van der Waals surface area contributed by atoms with E-state index in [4.69, 9.17) is 0 Å². The fourth-order valence-electron chi connectivity index (χ4n) is 2.62. The Morgan fingerprint density at radius 1 is 1.21 bits per heavy atom. The zero-order valence-electron chi connectivity index (χ0n) is 11.9. The maximum Gasteiger partial charge on any atom is 0.0443 e. The molecule has 1 aromatic rings. The van der Waals surface area contributed by atoms with E-state index in [0.717, 1.165) is 24.9 Å². The smallest absolute Gasteiger partial charge is 0.0443 e. The predicted octanol–water partition coefficient (Wildman–Crippen LogP) is 2.82. The Balaban J connectivity index is 1.74. The summed E-state index contributed by atoms with van der Waals surface area (Å²) in [5, 5.41) is 3.43. The molecule has 1 heterocycles. The van der Waals surface area contributed by atoms with Crippen molar-refractivity contribution in [3.8, 4) is 0 Å². The van der Waals surface area contributed by atoms with Crippen LogP contribution >= 0.6 is 0 Å². The second-order valence-electron chi connectivity index (χ2n) is 6.08. The van der Waals surface area contributed by atoms with Crippen LogP contribution in [0.2, 0.25) is 0 Å². The molecule has 2 aliphatic rings. The number of aromatic nitrogens is 1. The number of anilines is 1. The Hall–Kier alpha value is -1.09. The lowest BCUT2D eigenvalue weighted by molar-refractivity contribution is 0.666. The van der Waals surface area contributed by atoms with E-state index < -0.39 is 0 Å². The van der Waals surface area contributed by atoms with E-state index in [9.17, 15) is 0 Å². The van der Waals surface area contributed by atoms with Gasteiger partial charge in [-0.2, -0.15) is 0 Å². The SMILES string of the molecule is CCNCc1cnccc1N(CC1CC1)CC1CC1. The van der Waals surface area contributed by atoms with Gasteiger partial charge in [0.25, 0.3) is 0 Å². The molecule has 1 N–H and O–H groups in total. The summed E-state index contributed by atoms with van der Waals surface area (Å²) in [4.78, 5) is 6.93. The third-order valence-corrected chi connectivity index (χ3v) is 4.14. The zero-order chi connectivity index (χ0) is 13.1. The summed E-state index contributed by atoms with van der Waals surface area (Å²) in [6.45, 7) is 6.60. The molecule has 0 radical (unpaired) electrons. The Kier molecular flexibility index (Phi) is 4.02. The van der Waals surface area contributed by atoms with Crippen LogP contribution < -0.4 is 10.2 Å². The number of pyridine rings is 1. The Bertz CT molecular complexity index is 396. The van der Waals surface area contributed by atoms with E-state index >= 15 is 0 Å². The quantitative estimate of drug-likeness (QED) is 0.778. The van der Waals surface area contributed by atoms with E-state index in [1.807, 2.05) is 12.4 Å². The van der Waals surface area contributed by atoms with Crippen molar-refractivity contribution in [3.05, 3.63) is 24.0 Å². The highest BCUT2D eigenvalue weighted by atomic mass is 15.1. The molecule has 19 heavy (non-hydrogen) atoms. The highest BCUT2D eigenvalue weighted by Crippen LogP contribution is 2.36. The van der Waals surface area contributed by atoms with Gasteiger partial charge >= 0.3 is 0 Å². The van der Waals surface area contributed by atoms with Gasteiger partial charge in [-0.1, -0.05) is 6.92 Å². The van der Waals surface area contributed by atoms with E-state index in [-0.39, 0.29) is 0 Å². The standard InChI is InChI=1S/C16H25N3/c1-2-17-9-15-10-18-8-7-16(15)19(11-13-3-4-13)12-14-5-6-14/h7-8,10,13-14,17H,2-6,9,11-12H2,1H3. The number of nitrogens with zero attached hydrogens (tertiary/aromatic N) is 2. The molecular formula is C16H25N3. The maximum atomic E-state index is 4.30.